The summed E-state index contributed by atoms with van der Waals surface area (Å²) in [6.07, 6.45) is 0. The molecular weight excluding hydrogens is 296 g/mol. The van der Waals surface area contributed by atoms with E-state index in [1.54, 1.807) is 18.7 Å². The molecule has 110 valence electrons. The van der Waals surface area contributed by atoms with Crippen LogP contribution in [0.1, 0.15) is 32.6 Å². The maximum Gasteiger partial charge on any atom is 0.246 e. The molecule has 1 N–H and O–H groups in total. The second kappa shape index (κ2) is 5.37. The van der Waals surface area contributed by atoms with Crippen molar-refractivity contribution in [3.63, 3.8) is 0 Å². The number of carbonyl (C=O) groups is 2. The smallest absolute Gasteiger partial charge is 0.246 e. The molecule has 1 atom stereocenters. The molecule has 1 unspecified atom stereocenters. The molecule has 1 fully saturated rings. The first-order valence-electron chi connectivity index (χ1n) is 6.60. The minimum Gasteiger partial charge on any atom is -0.342 e. The molecule has 20 heavy (non-hydrogen) atoms. The van der Waals surface area contributed by atoms with Crippen molar-refractivity contribution in [2.45, 2.75) is 45.8 Å². The van der Waals surface area contributed by atoms with Crippen molar-refractivity contribution in [3.05, 3.63) is 21.3 Å². The summed E-state index contributed by atoms with van der Waals surface area (Å²) < 4.78 is 0.687. The Hall–Kier alpha value is -1.07. The molecule has 4 nitrogen and oxygen atoms in total. The summed E-state index contributed by atoms with van der Waals surface area (Å²) in [6.45, 7) is 7.82. The second-order valence-corrected chi connectivity index (χ2v) is 7.68. The molecule has 1 saturated heterocycles. The number of nitrogens with one attached hydrogen (secondary N) is 1. The summed E-state index contributed by atoms with van der Waals surface area (Å²) in [7, 11) is 0. The third kappa shape index (κ3) is 2.69. The van der Waals surface area contributed by atoms with Gasteiger partial charge in [0.1, 0.15) is 11.6 Å². The summed E-state index contributed by atoms with van der Waals surface area (Å²) in [5.74, 6) is -0.0791. The van der Waals surface area contributed by atoms with Gasteiger partial charge in [0.05, 0.1) is 10.9 Å². The Bertz CT molecular complexity index is 539. The second-order valence-electron chi connectivity index (χ2n) is 5.88. The molecule has 0 spiro atoms. The van der Waals surface area contributed by atoms with E-state index in [-0.39, 0.29) is 17.7 Å². The van der Waals surface area contributed by atoms with E-state index in [9.17, 15) is 9.59 Å². The predicted octanol–water partition coefficient (Wildman–Crippen LogP) is 2.66. The topological polar surface area (TPSA) is 49.4 Å². The van der Waals surface area contributed by atoms with Crippen LogP contribution in [-0.2, 0) is 16.1 Å². The Morgan fingerprint density at radius 3 is 2.55 bits per heavy atom. The van der Waals surface area contributed by atoms with Crippen molar-refractivity contribution >= 4 is 34.8 Å². The largest absolute Gasteiger partial charge is 0.342 e. The molecule has 0 saturated carbocycles. The van der Waals surface area contributed by atoms with E-state index >= 15 is 0 Å². The summed E-state index contributed by atoms with van der Waals surface area (Å²) in [4.78, 5) is 27.5. The van der Waals surface area contributed by atoms with Crippen molar-refractivity contribution < 1.29 is 9.59 Å². The lowest BCUT2D eigenvalue weighted by molar-refractivity contribution is -0.157. The Morgan fingerprint density at radius 1 is 1.40 bits per heavy atom. The first-order valence-corrected chi connectivity index (χ1v) is 7.79. The van der Waals surface area contributed by atoms with Crippen LogP contribution in [0, 0.1) is 5.92 Å². The lowest BCUT2D eigenvalue weighted by atomic mass is 9.91. The number of thiophene rings is 1. The Kier molecular flexibility index (Phi) is 4.12. The van der Waals surface area contributed by atoms with Crippen LogP contribution in [-0.4, -0.2) is 28.3 Å². The molecule has 0 aromatic carbocycles. The summed E-state index contributed by atoms with van der Waals surface area (Å²) >= 11 is 7.36. The first kappa shape index (κ1) is 15.3. The highest BCUT2D eigenvalue weighted by atomic mass is 35.5. The van der Waals surface area contributed by atoms with E-state index in [1.165, 1.54) is 11.3 Å². The molecule has 0 radical (unpaired) electrons. The number of halogens is 1. The van der Waals surface area contributed by atoms with Gasteiger partial charge in [-0.15, -0.1) is 11.3 Å². The predicted molar refractivity (Wildman–Crippen MR) is 80.7 cm³/mol. The van der Waals surface area contributed by atoms with Gasteiger partial charge in [-0.2, -0.15) is 0 Å². The van der Waals surface area contributed by atoms with Crippen LogP contribution < -0.4 is 5.32 Å². The van der Waals surface area contributed by atoms with Crippen molar-refractivity contribution in [1.29, 1.82) is 0 Å². The highest BCUT2D eigenvalue weighted by Crippen LogP contribution is 2.29. The van der Waals surface area contributed by atoms with Crippen molar-refractivity contribution in [3.8, 4) is 0 Å². The fourth-order valence-electron chi connectivity index (χ4n) is 2.27. The van der Waals surface area contributed by atoms with E-state index < -0.39 is 11.6 Å². The zero-order valence-corrected chi connectivity index (χ0v) is 13.6. The summed E-state index contributed by atoms with van der Waals surface area (Å²) in [6, 6.07) is 3.25. The molecule has 6 heteroatoms. The van der Waals surface area contributed by atoms with Gasteiger partial charge in [0.25, 0.3) is 0 Å². The quantitative estimate of drug-likeness (QED) is 0.932. The monoisotopic (exact) mass is 314 g/mol. The number of piperazine rings is 1. The van der Waals surface area contributed by atoms with Gasteiger partial charge in [-0.1, -0.05) is 25.4 Å². The van der Waals surface area contributed by atoms with Crippen molar-refractivity contribution in [2.24, 2.45) is 5.92 Å². The van der Waals surface area contributed by atoms with Gasteiger partial charge in [-0.3, -0.25) is 9.59 Å². The zero-order chi connectivity index (χ0) is 15.1. The lowest BCUT2D eigenvalue weighted by Gasteiger charge is -2.45. The molecule has 2 heterocycles. The van der Waals surface area contributed by atoms with Crippen molar-refractivity contribution in [2.75, 3.05) is 0 Å². The van der Waals surface area contributed by atoms with Crippen molar-refractivity contribution in [1.82, 2.24) is 10.2 Å². The summed E-state index contributed by atoms with van der Waals surface area (Å²) in [5.41, 5.74) is -0.848. The number of nitrogens with zero attached hydrogens (tertiary/aromatic N) is 1. The Balaban J connectivity index is 2.30. The molecule has 0 bridgehead atoms. The molecule has 1 aromatic heterocycles. The molecular formula is C14H19ClN2O2S. The van der Waals surface area contributed by atoms with Crippen LogP contribution >= 0.6 is 22.9 Å². The molecule has 2 amide bonds. The first-order chi connectivity index (χ1) is 9.23. The molecule has 1 aliphatic rings. The lowest BCUT2D eigenvalue weighted by Crippen LogP contribution is -2.68. The molecule has 1 aliphatic heterocycles. The van der Waals surface area contributed by atoms with Crippen LogP contribution in [0.25, 0.3) is 0 Å². The number of hydrogen-bond acceptors (Lipinski definition) is 3. The minimum absolute atomic E-state index is 0.0332. The Labute approximate surface area is 128 Å². The van der Waals surface area contributed by atoms with Gasteiger partial charge in [-0.25, -0.2) is 0 Å². The number of rotatable bonds is 3. The van der Waals surface area contributed by atoms with Crippen LogP contribution in [0.3, 0.4) is 0 Å². The van der Waals surface area contributed by atoms with Crippen LogP contribution in [0.2, 0.25) is 4.34 Å². The fraction of sp³-hybridized carbons (Fsp3) is 0.571. The normalized spacial score (nSPS) is 22.3. The number of carbonyl (C=O) groups excluding carboxylic acids is 2. The van der Waals surface area contributed by atoms with Gasteiger partial charge >= 0.3 is 0 Å². The van der Waals surface area contributed by atoms with E-state index in [2.05, 4.69) is 5.32 Å². The fourth-order valence-corrected chi connectivity index (χ4v) is 3.34. The van der Waals surface area contributed by atoms with E-state index in [4.69, 9.17) is 11.6 Å². The van der Waals surface area contributed by atoms with Gasteiger partial charge in [-0.05, 0) is 31.9 Å². The number of amides is 2. The maximum absolute atomic E-state index is 12.6. The van der Waals surface area contributed by atoms with E-state index in [0.717, 1.165) is 4.88 Å². The van der Waals surface area contributed by atoms with E-state index in [0.29, 0.717) is 10.9 Å². The maximum atomic E-state index is 12.6. The van der Waals surface area contributed by atoms with Crippen LogP contribution in [0.15, 0.2) is 12.1 Å². The standard InChI is InChI=1S/C14H19ClN2O2S/c1-8(2)11-12(18)17(14(3,4)13(19)16-11)7-9-5-6-10(15)20-9/h5-6,8,11H,7H2,1-4H3,(H,16,19). The highest BCUT2D eigenvalue weighted by Gasteiger charge is 2.47. The van der Waals surface area contributed by atoms with Gasteiger partial charge in [0, 0.05) is 4.88 Å². The summed E-state index contributed by atoms with van der Waals surface area (Å²) in [5, 5.41) is 2.82. The average Bonchev–Trinajstić information content (AvgIpc) is 2.75. The molecule has 0 aliphatic carbocycles. The minimum atomic E-state index is -0.848. The zero-order valence-electron chi connectivity index (χ0n) is 12.1. The third-order valence-corrected chi connectivity index (χ3v) is 4.87. The SMILES string of the molecule is CC(C)C1NC(=O)C(C)(C)N(Cc2ccc(Cl)s2)C1=O. The van der Waals surface area contributed by atoms with Gasteiger partial charge in [0.2, 0.25) is 11.8 Å². The highest BCUT2D eigenvalue weighted by molar-refractivity contribution is 7.16. The third-order valence-electron chi connectivity index (χ3n) is 3.66. The number of hydrogen-bond donors (Lipinski definition) is 1. The average molecular weight is 315 g/mol. The molecule has 2 rings (SSSR count). The van der Waals surface area contributed by atoms with Crippen LogP contribution in [0.4, 0.5) is 0 Å². The van der Waals surface area contributed by atoms with Crippen LogP contribution in [0.5, 0.6) is 0 Å². The molecule has 1 aromatic rings. The van der Waals surface area contributed by atoms with Gasteiger partial charge < -0.3 is 10.2 Å². The van der Waals surface area contributed by atoms with Gasteiger partial charge in [0.15, 0.2) is 0 Å². The van der Waals surface area contributed by atoms with E-state index in [1.807, 2.05) is 26.0 Å². The Morgan fingerprint density at radius 2 is 2.05 bits per heavy atom.